The van der Waals surface area contributed by atoms with Gasteiger partial charge in [0, 0.05) is 17.6 Å². The number of hydrogen-bond donors (Lipinski definition) is 2. The Morgan fingerprint density at radius 2 is 1.79 bits per heavy atom. The molecule has 3 rings (SSSR count). The topological polar surface area (TPSA) is 112 Å². The van der Waals surface area contributed by atoms with Crippen molar-refractivity contribution in [3.63, 3.8) is 0 Å². The number of alkyl halides is 1. The molecule has 0 saturated heterocycles. The van der Waals surface area contributed by atoms with Crippen molar-refractivity contribution in [2.45, 2.75) is 26.7 Å². The number of ether oxygens (including phenoxy) is 1. The van der Waals surface area contributed by atoms with Gasteiger partial charge in [0.15, 0.2) is 0 Å². The molecule has 3 aromatic rings. The number of aldehydes is 1. The van der Waals surface area contributed by atoms with Gasteiger partial charge in [0.2, 0.25) is 6.29 Å². The Kier molecular flexibility index (Phi) is 7.08. The van der Waals surface area contributed by atoms with E-state index in [1.807, 2.05) is 50.2 Å². The highest BCUT2D eigenvalue weighted by molar-refractivity contribution is 6.22. The number of benzene rings is 2. The predicted octanol–water partition coefficient (Wildman–Crippen LogP) is 2.74. The van der Waals surface area contributed by atoms with Crippen LogP contribution in [-0.4, -0.2) is 34.2 Å². The zero-order valence-electron chi connectivity index (χ0n) is 16.0. The summed E-state index contributed by atoms with van der Waals surface area (Å²) < 4.78 is 20.6. The highest BCUT2D eigenvalue weighted by Crippen LogP contribution is 2.34. The van der Waals surface area contributed by atoms with Crippen LogP contribution in [0.1, 0.15) is 16.8 Å². The van der Waals surface area contributed by atoms with Crippen molar-refractivity contribution in [3.8, 4) is 5.75 Å². The van der Waals surface area contributed by atoms with Gasteiger partial charge in [0.1, 0.15) is 5.75 Å². The van der Waals surface area contributed by atoms with E-state index in [9.17, 15) is 14.0 Å². The zero-order valence-corrected chi connectivity index (χ0v) is 16.0. The molecule has 29 heavy (non-hydrogen) atoms. The Morgan fingerprint density at radius 1 is 1.17 bits per heavy atom. The maximum Gasteiger partial charge on any atom is 0.378 e. The molecule has 1 atom stereocenters. The number of halogens is 1. The average Bonchev–Trinajstić information content (AvgIpc) is 2.95. The van der Waals surface area contributed by atoms with Gasteiger partial charge in [-0.05, 0) is 37.1 Å². The molecule has 3 N–H and O–H groups in total. The van der Waals surface area contributed by atoms with Crippen LogP contribution in [0.5, 0.6) is 5.75 Å². The van der Waals surface area contributed by atoms with Crippen LogP contribution in [0.15, 0.2) is 48.5 Å². The highest BCUT2D eigenvalue weighted by atomic mass is 19.1. The van der Waals surface area contributed by atoms with E-state index >= 15 is 0 Å². The number of primary amides is 1. The summed E-state index contributed by atoms with van der Waals surface area (Å²) >= 11 is 0. The van der Waals surface area contributed by atoms with Gasteiger partial charge in [0.25, 0.3) is 5.91 Å². The van der Waals surface area contributed by atoms with E-state index in [0.29, 0.717) is 6.54 Å². The molecule has 1 aromatic heterocycles. The van der Waals surface area contributed by atoms with E-state index in [-0.39, 0.29) is 12.0 Å². The summed E-state index contributed by atoms with van der Waals surface area (Å²) in [6, 6.07) is 15.3. The number of amides is 1. The van der Waals surface area contributed by atoms with Gasteiger partial charge in [-0.2, -0.15) is 4.39 Å². The van der Waals surface area contributed by atoms with Crippen molar-refractivity contribution in [2.24, 2.45) is 5.73 Å². The zero-order chi connectivity index (χ0) is 21.6. The fourth-order valence-electron chi connectivity index (χ4n) is 2.92. The molecule has 7 nitrogen and oxygen atoms in total. The summed E-state index contributed by atoms with van der Waals surface area (Å²) in [6.45, 7) is 4.60. The number of carbonyl (C=O) groups excluding carboxylic acids is 2. The molecule has 0 aliphatic carbocycles. The van der Waals surface area contributed by atoms with Crippen LogP contribution in [0.2, 0.25) is 0 Å². The lowest BCUT2D eigenvalue weighted by atomic mass is 10.1. The SMILES string of the molecule is Cc1c(C)n(Cc2ccccc2)c2cccc(OC(F)C(=O)O)c12.NC(=O)C=O. The van der Waals surface area contributed by atoms with Gasteiger partial charge in [-0.1, -0.05) is 36.4 Å². The van der Waals surface area contributed by atoms with Crippen molar-refractivity contribution in [1.29, 1.82) is 0 Å². The molecule has 1 unspecified atom stereocenters. The van der Waals surface area contributed by atoms with E-state index in [2.05, 4.69) is 10.3 Å². The van der Waals surface area contributed by atoms with Crippen LogP contribution < -0.4 is 10.5 Å². The second-order valence-electron chi connectivity index (χ2n) is 6.22. The van der Waals surface area contributed by atoms with Crippen LogP contribution in [-0.2, 0) is 20.9 Å². The summed E-state index contributed by atoms with van der Waals surface area (Å²) in [5.41, 5.74) is 8.32. The lowest BCUT2D eigenvalue weighted by Gasteiger charge is -2.11. The predicted molar refractivity (Wildman–Crippen MR) is 105 cm³/mol. The number of carboxylic acids is 1. The van der Waals surface area contributed by atoms with Gasteiger partial charge in [-0.3, -0.25) is 9.59 Å². The lowest BCUT2D eigenvalue weighted by Crippen LogP contribution is -2.21. The van der Waals surface area contributed by atoms with Gasteiger partial charge in [0.05, 0.1) is 5.52 Å². The first kappa shape index (κ1) is 21.6. The van der Waals surface area contributed by atoms with Gasteiger partial charge < -0.3 is 20.1 Å². The monoisotopic (exact) mass is 400 g/mol. The smallest absolute Gasteiger partial charge is 0.378 e. The second-order valence-corrected chi connectivity index (χ2v) is 6.22. The van der Waals surface area contributed by atoms with Crippen molar-refractivity contribution in [1.82, 2.24) is 4.57 Å². The van der Waals surface area contributed by atoms with Gasteiger partial charge in [-0.15, -0.1) is 0 Å². The molecule has 0 bridgehead atoms. The molecule has 1 heterocycles. The Hall–Kier alpha value is -3.68. The summed E-state index contributed by atoms with van der Waals surface area (Å²) in [6.07, 6.45) is -2.33. The van der Waals surface area contributed by atoms with Crippen molar-refractivity contribution in [3.05, 3.63) is 65.4 Å². The number of carbonyl (C=O) groups is 3. The number of nitrogens with two attached hydrogens (primary N) is 1. The van der Waals surface area contributed by atoms with Crippen molar-refractivity contribution in [2.75, 3.05) is 0 Å². The molecule has 0 radical (unpaired) electrons. The Balaban J connectivity index is 0.000000537. The van der Waals surface area contributed by atoms with Crippen LogP contribution in [0.3, 0.4) is 0 Å². The number of carboxylic acid groups (broad SMARTS) is 1. The molecule has 0 saturated carbocycles. The quantitative estimate of drug-likeness (QED) is 0.488. The summed E-state index contributed by atoms with van der Waals surface area (Å²) in [7, 11) is 0. The molecular weight excluding hydrogens is 379 g/mol. The van der Waals surface area contributed by atoms with Crippen molar-refractivity contribution >= 4 is 29.1 Å². The number of aryl methyl sites for hydroxylation is 1. The van der Waals surface area contributed by atoms with Gasteiger partial charge in [-0.25, -0.2) is 4.79 Å². The van der Waals surface area contributed by atoms with E-state index in [4.69, 9.17) is 14.6 Å². The maximum absolute atomic E-state index is 13.5. The van der Waals surface area contributed by atoms with Crippen molar-refractivity contribution < 1.29 is 28.6 Å². The maximum atomic E-state index is 13.5. The lowest BCUT2D eigenvalue weighted by molar-refractivity contribution is -0.153. The summed E-state index contributed by atoms with van der Waals surface area (Å²) in [5, 5.41) is 9.48. The van der Waals surface area contributed by atoms with Crippen LogP contribution in [0.4, 0.5) is 4.39 Å². The summed E-state index contributed by atoms with van der Waals surface area (Å²) in [5.74, 6) is -2.31. The number of aliphatic carboxylic acids is 1. The van der Waals surface area contributed by atoms with Crippen LogP contribution >= 0.6 is 0 Å². The molecule has 152 valence electrons. The highest BCUT2D eigenvalue weighted by Gasteiger charge is 2.21. The van der Waals surface area contributed by atoms with Gasteiger partial charge >= 0.3 is 12.3 Å². The minimum absolute atomic E-state index is 0.0556. The third-order valence-corrected chi connectivity index (χ3v) is 4.34. The first-order chi connectivity index (χ1) is 13.8. The minimum atomic E-state index is -2.38. The average molecular weight is 400 g/mol. The Labute approximate surface area is 166 Å². The number of hydrogen-bond acceptors (Lipinski definition) is 4. The first-order valence-corrected chi connectivity index (χ1v) is 8.66. The molecule has 1 amide bonds. The van der Waals surface area contributed by atoms with Crippen LogP contribution in [0.25, 0.3) is 10.9 Å². The summed E-state index contributed by atoms with van der Waals surface area (Å²) in [4.78, 5) is 29.0. The molecular formula is C21H21FN2O5. The minimum Gasteiger partial charge on any atom is -0.476 e. The fourth-order valence-corrected chi connectivity index (χ4v) is 2.92. The largest absolute Gasteiger partial charge is 0.476 e. The first-order valence-electron chi connectivity index (χ1n) is 8.66. The number of nitrogens with zero attached hydrogens (tertiary/aromatic N) is 1. The molecule has 2 aromatic carbocycles. The second kappa shape index (κ2) is 9.50. The standard InChI is InChI=1S/C19H18FNO3.C2H3NO2/c1-12-13(2)21(11-14-7-4-3-5-8-14)15-9-6-10-16(17(12)15)24-18(20)19(22)23;3-2(5)1-4/h3-10,18H,11H2,1-2H3,(H,22,23);1H,(H2,3,5). The molecule has 0 spiro atoms. The fraction of sp³-hybridized carbons (Fsp3) is 0.190. The normalized spacial score (nSPS) is 11.3. The molecule has 0 aliphatic heterocycles. The molecule has 0 aliphatic rings. The number of aromatic nitrogens is 1. The van der Waals surface area contributed by atoms with E-state index < -0.39 is 18.2 Å². The van der Waals surface area contributed by atoms with E-state index in [1.165, 1.54) is 0 Å². The van der Waals surface area contributed by atoms with Crippen LogP contribution in [0, 0.1) is 13.8 Å². The van der Waals surface area contributed by atoms with E-state index in [1.54, 1.807) is 12.1 Å². The third-order valence-electron chi connectivity index (χ3n) is 4.34. The third kappa shape index (κ3) is 5.19. The molecule has 8 heteroatoms. The van der Waals surface area contributed by atoms with E-state index in [0.717, 1.165) is 27.7 Å². The Bertz CT molecular complexity index is 1030. The number of fused-ring (bicyclic) bond motifs is 1. The Morgan fingerprint density at radius 3 is 2.34 bits per heavy atom. The molecule has 0 fully saturated rings. The number of rotatable bonds is 6.